The van der Waals surface area contributed by atoms with E-state index in [0.717, 1.165) is 42.2 Å². The molecule has 2 N–H and O–H groups in total. The molecule has 1 aromatic rings. The molecule has 0 radical (unpaired) electrons. The first kappa shape index (κ1) is 14.3. The van der Waals surface area contributed by atoms with Crippen LogP contribution in [0.3, 0.4) is 0 Å². The van der Waals surface area contributed by atoms with Crippen molar-refractivity contribution < 1.29 is 4.79 Å². The number of amides is 1. The van der Waals surface area contributed by atoms with Crippen LogP contribution in [0, 0.1) is 0 Å². The van der Waals surface area contributed by atoms with Crippen molar-refractivity contribution in [3.05, 3.63) is 16.4 Å². The van der Waals surface area contributed by atoms with Crippen LogP contribution in [0.2, 0.25) is 5.02 Å². The van der Waals surface area contributed by atoms with Gasteiger partial charge in [0.25, 0.3) is 0 Å². The third-order valence-corrected chi connectivity index (χ3v) is 3.65. The van der Waals surface area contributed by atoms with Crippen LogP contribution in [-0.4, -0.2) is 28.3 Å². The Morgan fingerprint density at radius 3 is 2.79 bits per heavy atom. The highest BCUT2D eigenvalue weighted by Crippen LogP contribution is 2.21. The number of nitrogens with zero attached hydrogens (tertiary/aromatic N) is 2. The van der Waals surface area contributed by atoms with Crippen LogP contribution in [0.5, 0.6) is 0 Å². The van der Waals surface area contributed by atoms with Gasteiger partial charge in [0.15, 0.2) is 0 Å². The number of hydrogen-bond donors (Lipinski definition) is 2. The number of carbonyl (C=O) groups is 1. The monoisotopic (exact) mass is 284 g/mol. The normalized spacial score (nSPS) is 14.7. The van der Waals surface area contributed by atoms with Crippen molar-refractivity contribution in [1.82, 2.24) is 20.4 Å². The zero-order valence-electron chi connectivity index (χ0n) is 11.5. The standard InChI is InChI=1S/C13H21ClN4O/c1-3-10-13(14)11(18(4-2)17-10)7-15-8-12(19)16-9-5-6-9/h9,15H,3-8H2,1-2H3,(H,16,19). The van der Waals surface area contributed by atoms with Crippen LogP contribution in [-0.2, 0) is 24.3 Å². The maximum absolute atomic E-state index is 11.6. The lowest BCUT2D eigenvalue weighted by molar-refractivity contribution is -0.120. The molecule has 0 bridgehead atoms. The van der Waals surface area contributed by atoms with E-state index in [1.165, 1.54) is 0 Å². The Hall–Kier alpha value is -1.07. The van der Waals surface area contributed by atoms with E-state index in [1.54, 1.807) is 0 Å². The molecule has 1 heterocycles. The van der Waals surface area contributed by atoms with Gasteiger partial charge in [0.1, 0.15) is 0 Å². The summed E-state index contributed by atoms with van der Waals surface area (Å²) in [6, 6.07) is 0.408. The van der Waals surface area contributed by atoms with Gasteiger partial charge in [-0.05, 0) is 26.2 Å². The molecule has 5 nitrogen and oxygen atoms in total. The SMILES string of the molecule is CCc1nn(CC)c(CNCC(=O)NC2CC2)c1Cl. The smallest absolute Gasteiger partial charge is 0.234 e. The van der Waals surface area contributed by atoms with E-state index in [9.17, 15) is 4.79 Å². The average molecular weight is 285 g/mol. The van der Waals surface area contributed by atoms with E-state index < -0.39 is 0 Å². The maximum Gasteiger partial charge on any atom is 0.234 e. The first-order valence-electron chi connectivity index (χ1n) is 6.89. The third-order valence-electron chi connectivity index (χ3n) is 3.21. The van der Waals surface area contributed by atoms with Gasteiger partial charge in [0.05, 0.1) is 23.0 Å². The van der Waals surface area contributed by atoms with Gasteiger partial charge in [-0.3, -0.25) is 9.48 Å². The molecule has 106 valence electrons. The molecule has 1 saturated carbocycles. The first-order valence-corrected chi connectivity index (χ1v) is 7.27. The molecular weight excluding hydrogens is 264 g/mol. The highest BCUT2D eigenvalue weighted by molar-refractivity contribution is 6.31. The third kappa shape index (κ3) is 3.70. The zero-order valence-corrected chi connectivity index (χ0v) is 12.3. The topological polar surface area (TPSA) is 59.0 Å². The number of rotatable bonds is 7. The van der Waals surface area contributed by atoms with Crippen molar-refractivity contribution in [2.75, 3.05) is 6.54 Å². The van der Waals surface area contributed by atoms with Crippen molar-refractivity contribution in [3.63, 3.8) is 0 Å². The summed E-state index contributed by atoms with van der Waals surface area (Å²) < 4.78 is 1.90. The van der Waals surface area contributed by atoms with E-state index in [4.69, 9.17) is 11.6 Å². The molecule has 19 heavy (non-hydrogen) atoms. The highest BCUT2D eigenvalue weighted by Gasteiger charge is 2.23. The Bertz CT molecular complexity index is 454. The Morgan fingerprint density at radius 1 is 1.47 bits per heavy atom. The summed E-state index contributed by atoms with van der Waals surface area (Å²) in [6.45, 7) is 5.74. The van der Waals surface area contributed by atoms with E-state index in [-0.39, 0.29) is 5.91 Å². The van der Waals surface area contributed by atoms with E-state index in [2.05, 4.69) is 15.7 Å². The Labute approximate surface area is 118 Å². The number of aromatic nitrogens is 2. The minimum Gasteiger partial charge on any atom is -0.352 e. The molecule has 2 rings (SSSR count). The van der Waals surface area contributed by atoms with Gasteiger partial charge in [0, 0.05) is 19.1 Å². The molecule has 1 amide bonds. The number of aryl methyl sites for hydroxylation is 2. The second-order valence-corrected chi connectivity index (χ2v) is 5.20. The molecule has 1 aliphatic rings. The van der Waals surface area contributed by atoms with Crippen molar-refractivity contribution >= 4 is 17.5 Å². The van der Waals surface area contributed by atoms with Crippen molar-refractivity contribution in [2.45, 2.75) is 52.2 Å². The van der Waals surface area contributed by atoms with Gasteiger partial charge in [-0.1, -0.05) is 18.5 Å². The summed E-state index contributed by atoms with van der Waals surface area (Å²) in [5.41, 5.74) is 1.88. The molecule has 0 saturated heterocycles. The molecule has 0 spiro atoms. The molecule has 1 aliphatic carbocycles. The van der Waals surface area contributed by atoms with Gasteiger partial charge in [0.2, 0.25) is 5.91 Å². The fourth-order valence-corrected chi connectivity index (χ4v) is 2.32. The molecule has 0 unspecified atom stereocenters. The zero-order chi connectivity index (χ0) is 13.8. The summed E-state index contributed by atoms with van der Waals surface area (Å²) in [4.78, 5) is 11.6. The lowest BCUT2D eigenvalue weighted by atomic mass is 10.3. The van der Waals surface area contributed by atoms with E-state index in [0.29, 0.717) is 19.1 Å². The highest BCUT2D eigenvalue weighted by atomic mass is 35.5. The van der Waals surface area contributed by atoms with Crippen LogP contribution in [0.15, 0.2) is 0 Å². The summed E-state index contributed by atoms with van der Waals surface area (Å²) >= 11 is 6.29. The van der Waals surface area contributed by atoms with Crippen LogP contribution >= 0.6 is 11.6 Å². The summed E-state index contributed by atoms with van der Waals surface area (Å²) in [5.74, 6) is 0.0527. The molecule has 1 aromatic heterocycles. The van der Waals surface area contributed by atoms with Crippen LogP contribution in [0.1, 0.15) is 38.1 Å². The van der Waals surface area contributed by atoms with E-state index in [1.807, 2.05) is 18.5 Å². The van der Waals surface area contributed by atoms with Crippen molar-refractivity contribution in [3.8, 4) is 0 Å². The van der Waals surface area contributed by atoms with Gasteiger partial charge in [-0.25, -0.2) is 0 Å². The predicted octanol–water partition coefficient (Wildman–Crippen LogP) is 1.49. The fourth-order valence-electron chi connectivity index (χ4n) is 1.99. The van der Waals surface area contributed by atoms with Gasteiger partial charge >= 0.3 is 0 Å². The average Bonchev–Trinajstić information content (AvgIpc) is 3.15. The number of carbonyl (C=O) groups excluding carboxylic acids is 1. The molecule has 6 heteroatoms. The van der Waals surface area contributed by atoms with Crippen molar-refractivity contribution in [1.29, 1.82) is 0 Å². The van der Waals surface area contributed by atoms with Crippen LogP contribution in [0.25, 0.3) is 0 Å². The second kappa shape index (κ2) is 6.39. The van der Waals surface area contributed by atoms with E-state index >= 15 is 0 Å². The molecule has 0 aliphatic heterocycles. The fraction of sp³-hybridized carbons (Fsp3) is 0.692. The number of nitrogens with one attached hydrogen (secondary N) is 2. The quantitative estimate of drug-likeness (QED) is 0.797. The predicted molar refractivity (Wildman–Crippen MR) is 75.2 cm³/mol. The number of halogens is 1. The molecular formula is C13H21ClN4O. The molecule has 0 aromatic carbocycles. The lowest BCUT2D eigenvalue weighted by Gasteiger charge is -2.07. The summed E-state index contributed by atoms with van der Waals surface area (Å²) in [6.07, 6.45) is 3.04. The Balaban J connectivity index is 1.87. The minimum atomic E-state index is 0.0527. The van der Waals surface area contributed by atoms with Crippen LogP contribution in [0.4, 0.5) is 0 Å². The Morgan fingerprint density at radius 2 is 2.21 bits per heavy atom. The van der Waals surface area contributed by atoms with Gasteiger partial charge < -0.3 is 10.6 Å². The largest absolute Gasteiger partial charge is 0.352 e. The second-order valence-electron chi connectivity index (χ2n) is 4.82. The van der Waals surface area contributed by atoms with Gasteiger partial charge in [-0.2, -0.15) is 5.10 Å². The summed E-state index contributed by atoms with van der Waals surface area (Å²) in [5, 5.41) is 11.2. The lowest BCUT2D eigenvalue weighted by Crippen LogP contribution is -2.35. The molecule has 1 fully saturated rings. The number of hydrogen-bond acceptors (Lipinski definition) is 3. The first-order chi connectivity index (χ1) is 9.15. The minimum absolute atomic E-state index is 0.0527. The maximum atomic E-state index is 11.6. The van der Waals surface area contributed by atoms with Gasteiger partial charge in [-0.15, -0.1) is 0 Å². The molecule has 0 atom stereocenters. The Kier molecular flexibility index (Phi) is 4.82. The van der Waals surface area contributed by atoms with Crippen LogP contribution < -0.4 is 10.6 Å². The van der Waals surface area contributed by atoms with Crippen molar-refractivity contribution in [2.24, 2.45) is 0 Å². The summed E-state index contributed by atoms with van der Waals surface area (Å²) in [7, 11) is 0.